The van der Waals surface area contributed by atoms with E-state index in [0.717, 1.165) is 0 Å². The number of hydrogen-bond acceptors (Lipinski definition) is 1. The van der Waals surface area contributed by atoms with E-state index in [1.807, 2.05) is 11.8 Å². The number of halogens is 1. The summed E-state index contributed by atoms with van der Waals surface area (Å²) in [5.74, 6) is 2.59. The summed E-state index contributed by atoms with van der Waals surface area (Å²) in [6.07, 6.45) is 1.33. The molecular formula is C4H8ClS2+. The second-order valence-electron chi connectivity index (χ2n) is 1.51. The molecule has 0 aromatic heterocycles. The van der Waals surface area contributed by atoms with E-state index < -0.39 is 0 Å². The molecule has 1 fully saturated rings. The molecule has 42 valence electrons. The van der Waals surface area contributed by atoms with E-state index in [1.165, 1.54) is 23.0 Å². The van der Waals surface area contributed by atoms with Crippen molar-refractivity contribution < 1.29 is 0 Å². The zero-order valence-corrected chi connectivity index (χ0v) is 6.41. The Morgan fingerprint density at radius 3 is 2.71 bits per heavy atom. The summed E-state index contributed by atoms with van der Waals surface area (Å²) in [6.45, 7) is 0. The largest absolute Gasteiger partial charge is 0.176 e. The lowest BCUT2D eigenvalue weighted by atomic mass is 10.6. The molecule has 0 saturated carbocycles. The standard InChI is InChI=1S/C4H8ClS2/c5-7-3-1-2-6-4-7/h1-4H2/q+1. The van der Waals surface area contributed by atoms with E-state index in [-0.39, 0.29) is 10.1 Å². The van der Waals surface area contributed by atoms with Gasteiger partial charge in [0, 0.05) is 12.2 Å². The van der Waals surface area contributed by atoms with Crippen LogP contribution >= 0.6 is 22.4 Å². The smallest absolute Gasteiger partial charge is 0.107 e. The molecule has 0 bridgehead atoms. The highest BCUT2D eigenvalue weighted by Gasteiger charge is 2.19. The van der Waals surface area contributed by atoms with Gasteiger partial charge in [-0.1, -0.05) is 0 Å². The maximum Gasteiger partial charge on any atom is 0.176 e. The Morgan fingerprint density at radius 1 is 1.57 bits per heavy atom. The zero-order valence-electron chi connectivity index (χ0n) is 4.02. The molecule has 0 aliphatic carbocycles. The molecule has 0 N–H and O–H groups in total. The number of hydrogen-bond donors (Lipinski definition) is 0. The Morgan fingerprint density at radius 2 is 2.43 bits per heavy atom. The fraction of sp³-hybridized carbons (Fsp3) is 1.00. The van der Waals surface area contributed by atoms with Gasteiger partial charge in [-0.05, 0) is 0 Å². The number of rotatable bonds is 0. The van der Waals surface area contributed by atoms with E-state index in [4.69, 9.17) is 10.7 Å². The molecule has 1 saturated heterocycles. The van der Waals surface area contributed by atoms with Gasteiger partial charge in [0.05, 0.1) is 0 Å². The predicted octanol–water partition coefficient (Wildman–Crippen LogP) is 1.85. The van der Waals surface area contributed by atoms with Gasteiger partial charge >= 0.3 is 0 Å². The van der Waals surface area contributed by atoms with Crippen LogP contribution in [0.4, 0.5) is 0 Å². The van der Waals surface area contributed by atoms with Gasteiger partial charge < -0.3 is 0 Å². The van der Waals surface area contributed by atoms with Gasteiger partial charge in [0.2, 0.25) is 0 Å². The summed E-state index contributed by atoms with van der Waals surface area (Å²) in [5, 5.41) is 1.20. The quantitative estimate of drug-likeness (QED) is 0.482. The molecular weight excluding hydrogens is 148 g/mol. The van der Waals surface area contributed by atoms with Crippen LogP contribution in [0.15, 0.2) is 0 Å². The molecule has 1 aliphatic rings. The SMILES string of the molecule is Cl[S+]1CCCSC1. The second-order valence-corrected chi connectivity index (χ2v) is 5.83. The molecule has 0 amide bonds. The second kappa shape index (κ2) is 3.10. The van der Waals surface area contributed by atoms with E-state index in [2.05, 4.69) is 0 Å². The van der Waals surface area contributed by atoms with Crippen LogP contribution < -0.4 is 0 Å². The van der Waals surface area contributed by atoms with Crippen molar-refractivity contribution in [1.82, 2.24) is 0 Å². The van der Waals surface area contributed by atoms with Gasteiger partial charge in [-0.15, -0.1) is 11.8 Å². The summed E-state index contributed by atoms with van der Waals surface area (Å²) in [5.41, 5.74) is 0. The van der Waals surface area contributed by atoms with Crippen molar-refractivity contribution in [2.75, 3.05) is 16.6 Å². The third-order valence-corrected chi connectivity index (χ3v) is 5.13. The summed E-state index contributed by atoms with van der Waals surface area (Å²) in [4.78, 5) is 0. The highest BCUT2D eigenvalue weighted by molar-refractivity contribution is 8.27. The van der Waals surface area contributed by atoms with Crippen LogP contribution in [0.5, 0.6) is 0 Å². The molecule has 1 unspecified atom stereocenters. The first-order valence-corrected chi connectivity index (χ1v) is 5.85. The van der Waals surface area contributed by atoms with Crippen molar-refractivity contribution in [2.45, 2.75) is 6.42 Å². The lowest BCUT2D eigenvalue weighted by molar-refractivity contribution is 1.11. The summed E-state index contributed by atoms with van der Waals surface area (Å²) in [6, 6.07) is 0. The van der Waals surface area contributed by atoms with Crippen LogP contribution in [0.2, 0.25) is 0 Å². The molecule has 0 radical (unpaired) electrons. The summed E-state index contributed by atoms with van der Waals surface area (Å²) in [7, 11) is 6.07. The van der Waals surface area contributed by atoms with Crippen LogP contribution in [0.25, 0.3) is 0 Å². The molecule has 1 rings (SSSR count). The Labute approximate surface area is 55.8 Å². The first kappa shape index (κ1) is 6.12. The molecule has 0 nitrogen and oxygen atoms in total. The average molecular weight is 156 g/mol. The first-order valence-electron chi connectivity index (χ1n) is 2.31. The Balaban J connectivity index is 2.12. The zero-order chi connectivity index (χ0) is 5.11. The molecule has 1 aliphatic heterocycles. The average Bonchev–Trinajstić information content (AvgIpc) is 1.69. The van der Waals surface area contributed by atoms with Crippen LogP contribution in [-0.4, -0.2) is 16.6 Å². The third-order valence-electron chi connectivity index (χ3n) is 0.866. The molecule has 0 aromatic rings. The Hall–Kier alpha value is 0.990. The maximum absolute atomic E-state index is 5.82. The van der Waals surface area contributed by atoms with Crippen molar-refractivity contribution in [3.8, 4) is 0 Å². The molecule has 1 heterocycles. The van der Waals surface area contributed by atoms with Crippen molar-refractivity contribution in [2.24, 2.45) is 0 Å². The van der Waals surface area contributed by atoms with Crippen LogP contribution in [0.1, 0.15) is 6.42 Å². The molecule has 1 atom stereocenters. The summed E-state index contributed by atoms with van der Waals surface area (Å²) < 4.78 is 0. The van der Waals surface area contributed by atoms with Gasteiger partial charge in [-0.25, -0.2) is 0 Å². The minimum Gasteiger partial charge on any atom is -0.107 e. The monoisotopic (exact) mass is 155 g/mol. The van der Waals surface area contributed by atoms with E-state index >= 15 is 0 Å². The fourth-order valence-electron chi connectivity index (χ4n) is 0.526. The Kier molecular flexibility index (Phi) is 2.71. The summed E-state index contributed by atoms with van der Waals surface area (Å²) >= 11 is 1.98. The highest BCUT2D eigenvalue weighted by Crippen LogP contribution is 2.20. The topological polar surface area (TPSA) is 0 Å². The van der Waals surface area contributed by atoms with Crippen molar-refractivity contribution in [3.05, 3.63) is 0 Å². The van der Waals surface area contributed by atoms with Gasteiger partial charge in [0.1, 0.15) is 15.9 Å². The van der Waals surface area contributed by atoms with Gasteiger partial charge in [-0.2, -0.15) is 0 Å². The van der Waals surface area contributed by atoms with Crippen molar-refractivity contribution in [1.29, 1.82) is 0 Å². The third kappa shape index (κ3) is 2.15. The minimum atomic E-state index is 0.245. The van der Waals surface area contributed by atoms with Crippen LogP contribution in [0, 0.1) is 0 Å². The van der Waals surface area contributed by atoms with E-state index in [1.54, 1.807) is 0 Å². The minimum absolute atomic E-state index is 0.245. The molecule has 0 spiro atoms. The van der Waals surface area contributed by atoms with Crippen LogP contribution in [-0.2, 0) is 10.1 Å². The van der Waals surface area contributed by atoms with Crippen LogP contribution in [0.3, 0.4) is 0 Å². The normalized spacial score (nSPS) is 33.0. The van der Waals surface area contributed by atoms with Gasteiger partial charge in [0.25, 0.3) is 0 Å². The van der Waals surface area contributed by atoms with Crippen molar-refractivity contribution >= 4 is 32.6 Å². The molecule has 7 heavy (non-hydrogen) atoms. The fourth-order valence-corrected chi connectivity index (χ4v) is 4.08. The Bertz CT molecular complexity index is 51.7. The number of thioether (sulfide) groups is 1. The van der Waals surface area contributed by atoms with E-state index in [0.29, 0.717) is 0 Å². The van der Waals surface area contributed by atoms with Crippen molar-refractivity contribution in [3.63, 3.8) is 0 Å². The first-order chi connectivity index (χ1) is 3.39. The predicted molar refractivity (Wildman–Crippen MR) is 40.0 cm³/mol. The van der Waals surface area contributed by atoms with Gasteiger partial charge in [0.15, 0.2) is 15.8 Å². The maximum atomic E-state index is 5.82. The lowest BCUT2D eigenvalue weighted by Crippen LogP contribution is -2.08. The molecule has 3 heteroatoms. The van der Waals surface area contributed by atoms with E-state index in [9.17, 15) is 0 Å². The lowest BCUT2D eigenvalue weighted by Gasteiger charge is -2.03. The van der Waals surface area contributed by atoms with Gasteiger partial charge in [-0.3, -0.25) is 0 Å². The highest BCUT2D eigenvalue weighted by atomic mass is 35.7. The molecule has 0 aromatic carbocycles.